The summed E-state index contributed by atoms with van der Waals surface area (Å²) < 4.78 is 1.35. The summed E-state index contributed by atoms with van der Waals surface area (Å²) in [5.41, 5.74) is 0. The van der Waals surface area contributed by atoms with Gasteiger partial charge in [0.1, 0.15) is 0 Å². The topological polar surface area (TPSA) is 12.9 Å². The van der Waals surface area contributed by atoms with Crippen LogP contribution in [0.1, 0.15) is 19.8 Å². The minimum absolute atomic E-state index is 0.338. The fourth-order valence-corrected chi connectivity index (χ4v) is 2.84. The molecule has 0 amide bonds. The maximum Gasteiger partial charge on any atom is 0.0267 e. The smallest absolute Gasteiger partial charge is 0.0267 e. The number of aromatic nitrogens is 1. The van der Waals surface area contributed by atoms with Gasteiger partial charge in [0.25, 0.3) is 0 Å². The fourth-order valence-electron chi connectivity index (χ4n) is 0.556. The van der Waals surface area contributed by atoms with Crippen LogP contribution in [0, 0.1) is 0 Å². The molecule has 0 N–H and O–H groups in total. The van der Waals surface area contributed by atoms with E-state index in [4.69, 9.17) is 8.92 Å². The molecule has 12 heavy (non-hydrogen) atoms. The Balaban J connectivity index is 0.000000202. The normalized spacial score (nSPS) is 8.50. The Morgan fingerprint density at radius 1 is 1.25 bits per heavy atom. The maximum absolute atomic E-state index is 5.55. The zero-order valence-corrected chi connectivity index (χ0v) is 10.9. The molecule has 66 valence electrons. The molecule has 0 aliphatic carbocycles. The third-order valence-corrected chi connectivity index (χ3v) is 4.01. The molecule has 1 rings (SSSR count). The van der Waals surface area contributed by atoms with Crippen LogP contribution in [-0.2, 0) is 0 Å². The minimum Gasteiger partial charge on any atom is -0.265 e. The van der Waals surface area contributed by atoms with Crippen LogP contribution in [0.2, 0.25) is 4.44 Å². The summed E-state index contributed by atoms with van der Waals surface area (Å²) in [6.07, 6.45) is 6.17. The second kappa shape index (κ2) is 11.2. The summed E-state index contributed by atoms with van der Waals surface area (Å²) in [7, 11) is 5.55. The first kappa shape index (κ1) is 12.2. The number of unbranched alkanes of at least 4 members (excludes halogenated alkanes) is 1. The molecule has 0 saturated heterocycles. The van der Waals surface area contributed by atoms with Gasteiger partial charge in [0.05, 0.1) is 0 Å². The van der Waals surface area contributed by atoms with Gasteiger partial charge in [-0.25, -0.2) is 0 Å². The number of nitrogens with zero attached hydrogens (tertiary/aromatic N) is 1. The fraction of sp³-hybridized carbons (Fsp3) is 0.444. The first-order valence-electron chi connectivity index (χ1n) is 4.10. The van der Waals surface area contributed by atoms with Crippen molar-refractivity contribution in [2.75, 3.05) is 0 Å². The quantitative estimate of drug-likeness (QED) is 0.615. The average molecular weight is 290 g/mol. The van der Waals surface area contributed by atoms with Gasteiger partial charge in [-0.3, -0.25) is 4.98 Å². The first-order valence-corrected chi connectivity index (χ1v) is 9.73. The van der Waals surface area contributed by atoms with Gasteiger partial charge in [-0.2, -0.15) is 0 Å². The Hall–Kier alpha value is 0.239. The first-order chi connectivity index (χ1) is 5.91. The van der Waals surface area contributed by atoms with E-state index in [2.05, 4.69) is 11.9 Å². The molecule has 1 heterocycles. The number of hydrogen-bond donors (Lipinski definition) is 0. The molecule has 0 aliphatic heterocycles. The maximum atomic E-state index is 5.55. The van der Waals surface area contributed by atoms with Gasteiger partial charge in [0.2, 0.25) is 0 Å². The van der Waals surface area contributed by atoms with Crippen molar-refractivity contribution in [3.05, 3.63) is 30.6 Å². The van der Waals surface area contributed by atoms with Crippen LogP contribution in [0.15, 0.2) is 30.6 Å². The molecule has 2 radical (unpaired) electrons. The van der Waals surface area contributed by atoms with Crippen molar-refractivity contribution < 1.29 is 0 Å². The molecule has 0 atom stereocenters. The molecular weight excluding hydrogens is 276 g/mol. The van der Waals surface area contributed by atoms with Crippen LogP contribution in [0.4, 0.5) is 0 Å². The van der Waals surface area contributed by atoms with Gasteiger partial charge in [-0.05, 0) is 12.1 Å². The molecule has 0 saturated carbocycles. The van der Waals surface area contributed by atoms with Crippen molar-refractivity contribution in [3.8, 4) is 0 Å². The molecule has 1 aromatic rings. The average Bonchev–Trinajstić information content (AvgIpc) is 2.18. The van der Waals surface area contributed by atoms with Crippen LogP contribution in [0.25, 0.3) is 0 Å². The van der Waals surface area contributed by atoms with E-state index in [0.29, 0.717) is 0 Å². The van der Waals surface area contributed by atoms with E-state index >= 15 is 0 Å². The predicted octanol–water partition coefficient (Wildman–Crippen LogP) is 3.14. The van der Waals surface area contributed by atoms with E-state index in [-0.39, 0.29) is 20.0 Å². The summed E-state index contributed by atoms with van der Waals surface area (Å²) in [4.78, 5) is 3.78. The molecule has 0 spiro atoms. The van der Waals surface area contributed by atoms with E-state index in [1.165, 1.54) is 17.3 Å². The third kappa shape index (κ3) is 10.2. The SMILES string of the molecule is CCC[CH2][Sn][Cl].c1ccncc1. The standard InChI is InChI=1S/C5H5N.C4H9.ClH.Sn/c1-2-4-6-5-3-1;1-3-4-2;;/h1-5H;1,3-4H2,2H3;1H;/q;;;+1/p-1. The van der Waals surface area contributed by atoms with E-state index in [1.54, 1.807) is 12.4 Å². The van der Waals surface area contributed by atoms with Gasteiger partial charge in [-0.1, -0.05) is 6.07 Å². The Labute approximate surface area is 88.5 Å². The Bertz CT molecular complexity index is 127. The molecule has 0 unspecified atom stereocenters. The molecule has 3 heteroatoms. The number of rotatable bonds is 3. The zero-order valence-electron chi connectivity index (χ0n) is 7.33. The van der Waals surface area contributed by atoms with Gasteiger partial charge in [0.15, 0.2) is 0 Å². The van der Waals surface area contributed by atoms with Gasteiger partial charge >= 0.3 is 53.1 Å². The van der Waals surface area contributed by atoms with Crippen molar-refractivity contribution in [3.63, 3.8) is 0 Å². The van der Waals surface area contributed by atoms with Crippen LogP contribution in [-0.4, -0.2) is 25.0 Å². The van der Waals surface area contributed by atoms with Gasteiger partial charge < -0.3 is 0 Å². The number of halogens is 1. The summed E-state index contributed by atoms with van der Waals surface area (Å²) >= 11 is -0.338. The summed E-state index contributed by atoms with van der Waals surface area (Å²) in [6.45, 7) is 2.20. The second-order valence-corrected chi connectivity index (χ2v) is 6.24. The van der Waals surface area contributed by atoms with Gasteiger partial charge in [0, 0.05) is 12.4 Å². The number of hydrogen-bond acceptors (Lipinski definition) is 1. The summed E-state index contributed by atoms with van der Waals surface area (Å²) in [5, 5.41) is 0. The second-order valence-electron chi connectivity index (χ2n) is 2.26. The Kier molecular flexibility index (Phi) is 11.5. The van der Waals surface area contributed by atoms with Crippen LogP contribution >= 0.6 is 8.92 Å². The molecule has 0 aromatic carbocycles. The Morgan fingerprint density at radius 3 is 2.08 bits per heavy atom. The van der Waals surface area contributed by atoms with Crippen molar-refractivity contribution in [2.24, 2.45) is 0 Å². The van der Waals surface area contributed by atoms with E-state index in [1.807, 2.05) is 18.2 Å². The molecule has 0 aliphatic rings. The van der Waals surface area contributed by atoms with E-state index in [9.17, 15) is 0 Å². The van der Waals surface area contributed by atoms with Crippen LogP contribution in [0.3, 0.4) is 0 Å². The third-order valence-electron chi connectivity index (χ3n) is 1.19. The molecule has 1 aromatic heterocycles. The molecule has 0 fully saturated rings. The molecular formula is C9H14ClNSn. The number of pyridine rings is 1. The van der Waals surface area contributed by atoms with E-state index < -0.39 is 0 Å². The molecule has 0 bridgehead atoms. The van der Waals surface area contributed by atoms with E-state index in [0.717, 1.165) is 0 Å². The predicted molar refractivity (Wildman–Crippen MR) is 55.6 cm³/mol. The van der Waals surface area contributed by atoms with Crippen LogP contribution in [0.5, 0.6) is 0 Å². The van der Waals surface area contributed by atoms with Gasteiger partial charge in [-0.15, -0.1) is 0 Å². The largest absolute Gasteiger partial charge is 0.265 e. The molecule has 1 nitrogen and oxygen atoms in total. The summed E-state index contributed by atoms with van der Waals surface area (Å²) in [5.74, 6) is 0. The Morgan fingerprint density at radius 2 is 1.92 bits per heavy atom. The van der Waals surface area contributed by atoms with Crippen LogP contribution < -0.4 is 0 Å². The van der Waals surface area contributed by atoms with Crippen molar-refractivity contribution in [1.29, 1.82) is 0 Å². The monoisotopic (exact) mass is 291 g/mol. The summed E-state index contributed by atoms with van der Waals surface area (Å²) in [6, 6.07) is 5.72. The minimum atomic E-state index is -0.338. The zero-order chi connectivity index (χ0) is 9.07. The van der Waals surface area contributed by atoms with Crippen molar-refractivity contribution in [2.45, 2.75) is 24.2 Å². The van der Waals surface area contributed by atoms with Crippen molar-refractivity contribution >= 4 is 28.9 Å². The van der Waals surface area contributed by atoms with Crippen molar-refractivity contribution in [1.82, 2.24) is 4.98 Å².